The molecule has 0 aromatic carbocycles. The smallest absolute Gasteiger partial charge is 0.257 e. The van der Waals surface area contributed by atoms with Gasteiger partial charge in [-0.1, -0.05) is 20.3 Å². The van der Waals surface area contributed by atoms with Gasteiger partial charge in [-0.25, -0.2) is 0 Å². The maximum atomic E-state index is 11.3. The Morgan fingerprint density at radius 3 is 2.79 bits per heavy atom. The number of aryl methyl sites for hydroxylation is 1. The Kier molecular flexibility index (Phi) is 3.74. The summed E-state index contributed by atoms with van der Waals surface area (Å²) in [5.41, 5.74) is 0.884. The van der Waals surface area contributed by atoms with Crippen LogP contribution in [0.4, 0.5) is 0 Å². The molecule has 1 aliphatic heterocycles. The first-order valence-corrected chi connectivity index (χ1v) is 5.02. The molecule has 0 atom stereocenters. The second-order valence-corrected chi connectivity index (χ2v) is 3.38. The summed E-state index contributed by atoms with van der Waals surface area (Å²) in [5, 5.41) is 0. The average molecular weight is 195 g/mol. The van der Waals surface area contributed by atoms with Crippen LogP contribution in [0.3, 0.4) is 0 Å². The van der Waals surface area contributed by atoms with E-state index in [-0.39, 0.29) is 5.56 Å². The van der Waals surface area contributed by atoms with Crippen molar-refractivity contribution < 1.29 is 4.74 Å². The molecular weight excluding hydrogens is 178 g/mol. The van der Waals surface area contributed by atoms with Gasteiger partial charge in [-0.15, -0.1) is 0 Å². The van der Waals surface area contributed by atoms with Gasteiger partial charge in [0.15, 0.2) is 0 Å². The van der Waals surface area contributed by atoms with Crippen LogP contribution in [-0.4, -0.2) is 11.2 Å². The Bertz CT molecular complexity index is 355. The van der Waals surface area contributed by atoms with Crippen molar-refractivity contribution in [2.45, 2.75) is 26.7 Å². The van der Waals surface area contributed by atoms with E-state index in [1.54, 1.807) is 17.8 Å². The third-order valence-electron chi connectivity index (χ3n) is 1.94. The molecule has 0 bridgehead atoms. The van der Waals surface area contributed by atoms with E-state index >= 15 is 0 Å². The van der Waals surface area contributed by atoms with Gasteiger partial charge in [-0.05, 0) is 6.07 Å². The summed E-state index contributed by atoms with van der Waals surface area (Å²) in [6, 6.07) is 1.84. The third-order valence-corrected chi connectivity index (χ3v) is 1.94. The molecule has 3 nitrogen and oxygen atoms in total. The number of nitrogens with zero attached hydrogens (tertiary/aromatic N) is 1. The van der Waals surface area contributed by atoms with Gasteiger partial charge in [0.05, 0.1) is 12.2 Å². The molecule has 78 valence electrons. The molecule has 1 aromatic rings. The van der Waals surface area contributed by atoms with Gasteiger partial charge in [-0.2, -0.15) is 0 Å². The van der Waals surface area contributed by atoms with E-state index in [9.17, 15) is 4.79 Å². The van der Waals surface area contributed by atoms with Gasteiger partial charge in [0.2, 0.25) is 0 Å². The summed E-state index contributed by atoms with van der Waals surface area (Å²) in [6.07, 6.45) is 3.73. The van der Waals surface area contributed by atoms with E-state index in [0.717, 1.165) is 17.7 Å². The number of fused-ring (bicyclic) bond motifs is 1. The molecule has 0 saturated carbocycles. The molecule has 1 aromatic heterocycles. The average Bonchev–Trinajstić information content (AvgIpc) is 2.61. The van der Waals surface area contributed by atoms with Crippen molar-refractivity contribution in [1.82, 2.24) is 4.57 Å². The minimum atomic E-state index is 0.0694. The number of ether oxygens (including phenoxy) is 1. The predicted molar refractivity (Wildman–Crippen MR) is 56.8 cm³/mol. The maximum Gasteiger partial charge on any atom is 0.257 e. The Balaban J connectivity index is 0.000000293. The molecular formula is C11H17NO2. The summed E-state index contributed by atoms with van der Waals surface area (Å²) >= 11 is 0. The van der Waals surface area contributed by atoms with Crippen molar-refractivity contribution in [2.24, 2.45) is 7.05 Å². The molecule has 0 aliphatic carbocycles. The molecule has 2 rings (SSSR count). The normalized spacial score (nSPS) is 12.5. The zero-order valence-corrected chi connectivity index (χ0v) is 9.04. The SMILES string of the molecule is CCC.Cn1ccc2c(c1=O)CCO2. The van der Waals surface area contributed by atoms with Gasteiger partial charge in [-0.3, -0.25) is 4.79 Å². The molecule has 14 heavy (non-hydrogen) atoms. The van der Waals surface area contributed by atoms with E-state index in [1.165, 1.54) is 6.42 Å². The van der Waals surface area contributed by atoms with Gasteiger partial charge in [0.1, 0.15) is 5.75 Å². The van der Waals surface area contributed by atoms with Crippen LogP contribution >= 0.6 is 0 Å². The van der Waals surface area contributed by atoms with Crippen LogP contribution in [0.15, 0.2) is 17.1 Å². The number of hydrogen-bond donors (Lipinski definition) is 0. The topological polar surface area (TPSA) is 31.2 Å². The fraction of sp³-hybridized carbons (Fsp3) is 0.545. The van der Waals surface area contributed by atoms with E-state index in [2.05, 4.69) is 13.8 Å². The number of hydrogen-bond acceptors (Lipinski definition) is 2. The highest BCUT2D eigenvalue weighted by Gasteiger charge is 2.15. The molecule has 0 radical (unpaired) electrons. The van der Waals surface area contributed by atoms with Crippen molar-refractivity contribution in [3.63, 3.8) is 0 Å². The minimum Gasteiger partial charge on any atom is -0.493 e. The largest absolute Gasteiger partial charge is 0.493 e. The van der Waals surface area contributed by atoms with Crippen LogP contribution in [0.25, 0.3) is 0 Å². The lowest BCUT2D eigenvalue weighted by molar-refractivity contribution is 0.356. The highest BCUT2D eigenvalue weighted by Crippen LogP contribution is 2.19. The standard InChI is InChI=1S/C8H9NO2.C3H8/c1-9-4-2-7-6(8(9)10)3-5-11-7;1-3-2/h2,4H,3,5H2,1H3;3H2,1-2H3. The van der Waals surface area contributed by atoms with Crippen LogP contribution in [0.2, 0.25) is 0 Å². The molecule has 0 spiro atoms. The summed E-state index contributed by atoms with van der Waals surface area (Å²) < 4.78 is 6.80. The Labute approximate surface area is 84.3 Å². The summed E-state index contributed by atoms with van der Waals surface area (Å²) in [4.78, 5) is 11.3. The van der Waals surface area contributed by atoms with E-state index in [1.807, 2.05) is 6.07 Å². The highest BCUT2D eigenvalue weighted by molar-refractivity contribution is 5.33. The highest BCUT2D eigenvalue weighted by atomic mass is 16.5. The molecule has 0 fully saturated rings. The Morgan fingerprint density at radius 2 is 2.14 bits per heavy atom. The quantitative estimate of drug-likeness (QED) is 0.631. The van der Waals surface area contributed by atoms with E-state index < -0.39 is 0 Å². The lowest BCUT2D eigenvalue weighted by Gasteiger charge is -1.99. The first kappa shape index (κ1) is 10.8. The Morgan fingerprint density at radius 1 is 1.50 bits per heavy atom. The van der Waals surface area contributed by atoms with Gasteiger partial charge >= 0.3 is 0 Å². The molecule has 0 N–H and O–H groups in total. The monoisotopic (exact) mass is 195 g/mol. The van der Waals surface area contributed by atoms with Crippen molar-refractivity contribution in [3.05, 3.63) is 28.2 Å². The summed E-state index contributed by atoms with van der Waals surface area (Å²) in [5.74, 6) is 0.758. The van der Waals surface area contributed by atoms with Crippen molar-refractivity contribution >= 4 is 0 Å². The Hall–Kier alpha value is -1.25. The van der Waals surface area contributed by atoms with Crippen molar-refractivity contribution in [3.8, 4) is 5.75 Å². The van der Waals surface area contributed by atoms with Crippen LogP contribution in [0.1, 0.15) is 25.8 Å². The van der Waals surface area contributed by atoms with Crippen molar-refractivity contribution in [2.75, 3.05) is 6.61 Å². The lowest BCUT2D eigenvalue weighted by atomic mass is 10.2. The molecule has 3 heteroatoms. The minimum absolute atomic E-state index is 0.0694. The van der Waals surface area contributed by atoms with E-state index in [0.29, 0.717) is 6.61 Å². The number of pyridine rings is 1. The van der Waals surface area contributed by atoms with Crippen LogP contribution in [0, 0.1) is 0 Å². The second kappa shape index (κ2) is 4.84. The maximum absolute atomic E-state index is 11.3. The zero-order chi connectivity index (χ0) is 10.6. The van der Waals surface area contributed by atoms with Gasteiger partial charge in [0, 0.05) is 19.7 Å². The molecule has 2 heterocycles. The van der Waals surface area contributed by atoms with Crippen LogP contribution < -0.4 is 10.3 Å². The molecule has 0 unspecified atom stereocenters. The number of rotatable bonds is 0. The predicted octanol–water partition coefficient (Wildman–Crippen LogP) is 1.74. The summed E-state index contributed by atoms with van der Waals surface area (Å²) in [6.45, 7) is 4.90. The summed E-state index contributed by atoms with van der Waals surface area (Å²) in [7, 11) is 1.75. The van der Waals surface area contributed by atoms with Gasteiger partial charge in [0.25, 0.3) is 5.56 Å². The fourth-order valence-electron chi connectivity index (χ4n) is 1.29. The first-order valence-electron chi connectivity index (χ1n) is 5.02. The van der Waals surface area contributed by atoms with Crippen LogP contribution in [-0.2, 0) is 13.5 Å². The third kappa shape index (κ3) is 2.16. The molecule has 0 saturated heterocycles. The lowest BCUT2D eigenvalue weighted by Crippen LogP contribution is -2.18. The fourth-order valence-corrected chi connectivity index (χ4v) is 1.29. The number of aromatic nitrogens is 1. The van der Waals surface area contributed by atoms with Gasteiger partial charge < -0.3 is 9.30 Å². The molecule has 0 amide bonds. The van der Waals surface area contributed by atoms with Crippen LogP contribution in [0.5, 0.6) is 5.75 Å². The molecule has 1 aliphatic rings. The first-order chi connectivity index (χ1) is 6.70. The van der Waals surface area contributed by atoms with Crippen molar-refractivity contribution in [1.29, 1.82) is 0 Å². The second-order valence-electron chi connectivity index (χ2n) is 3.38. The zero-order valence-electron chi connectivity index (χ0n) is 9.04. The van der Waals surface area contributed by atoms with E-state index in [4.69, 9.17) is 4.74 Å².